The Bertz CT molecular complexity index is 557. The van der Waals surface area contributed by atoms with E-state index in [-0.39, 0.29) is 23.0 Å². The number of benzene rings is 1. The minimum absolute atomic E-state index is 0.00490. The van der Waals surface area contributed by atoms with E-state index in [4.69, 9.17) is 11.6 Å². The number of unbranched alkanes of at least 4 members (excludes halogenated alkanes) is 1. The average Bonchev–Trinajstić information content (AvgIpc) is 2.42. The van der Waals surface area contributed by atoms with E-state index in [1.807, 2.05) is 6.92 Å². The molecule has 112 valence electrons. The van der Waals surface area contributed by atoms with Crippen LogP contribution in [0, 0.1) is 0 Å². The van der Waals surface area contributed by atoms with Gasteiger partial charge in [0.15, 0.2) is 9.84 Å². The lowest BCUT2D eigenvalue weighted by Crippen LogP contribution is -2.29. The Morgan fingerprint density at radius 3 is 2.65 bits per heavy atom. The third-order valence-corrected chi connectivity index (χ3v) is 4.96. The first-order valence-electron chi connectivity index (χ1n) is 6.59. The second kappa shape index (κ2) is 7.64. The van der Waals surface area contributed by atoms with Gasteiger partial charge in [0.05, 0.1) is 10.6 Å². The van der Waals surface area contributed by atoms with Crippen LogP contribution in [0.15, 0.2) is 29.2 Å². The van der Waals surface area contributed by atoms with E-state index < -0.39 is 9.84 Å². The zero-order valence-corrected chi connectivity index (χ0v) is 13.4. The fourth-order valence-corrected chi connectivity index (χ4v) is 3.24. The molecule has 0 aliphatic heterocycles. The average molecular weight is 318 g/mol. The monoisotopic (exact) mass is 317 g/mol. The molecule has 1 amide bonds. The van der Waals surface area contributed by atoms with Gasteiger partial charge in [-0.05, 0) is 24.6 Å². The fourth-order valence-electron chi connectivity index (χ4n) is 1.71. The predicted molar refractivity (Wildman–Crippen MR) is 80.7 cm³/mol. The van der Waals surface area contributed by atoms with Gasteiger partial charge in [-0.3, -0.25) is 4.79 Å². The first-order chi connectivity index (χ1) is 9.36. The van der Waals surface area contributed by atoms with E-state index in [0.29, 0.717) is 11.6 Å². The summed E-state index contributed by atoms with van der Waals surface area (Å²) in [5.74, 6) is -0.341. The quantitative estimate of drug-likeness (QED) is 0.777. The summed E-state index contributed by atoms with van der Waals surface area (Å²) >= 11 is 5.78. The molecule has 1 aromatic rings. The molecule has 4 nitrogen and oxygen atoms in total. The summed E-state index contributed by atoms with van der Waals surface area (Å²) in [6, 6.07) is 6.10. The summed E-state index contributed by atoms with van der Waals surface area (Å²) in [5.41, 5.74) is 0. The second-order valence-electron chi connectivity index (χ2n) is 4.70. The van der Waals surface area contributed by atoms with Gasteiger partial charge in [-0.25, -0.2) is 8.42 Å². The maximum atomic E-state index is 12.1. The van der Waals surface area contributed by atoms with Crippen LogP contribution in [0.3, 0.4) is 0 Å². The molecule has 20 heavy (non-hydrogen) atoms. The molecule has 0 atom stereocenters. The fraction of sp³-hybridized carbons (Fsp3) is 0.500. The summed E-state index contributed by atoms with van der Waals surface area (Å²) in [4.78, 5) is 13.6. The van der Waals surface area contributed by atoms with Crippen molar-refractivity contribution in [1.82, 2.24) is 4.90 Å². The third-order valence-electron chi connectivity index (χ3n) is 3.01. The van der Waals surface area contributed by atoms with Crippen molar-refractivity contribution in [3.8, 4) is 0 Å². The Balaban J connectivity index is 2.62. The summed E-state index contributed by atoms with van der Waals surface area (Å²) in [7, 11) is -1.77. The van der Waals surface area contributed by atoms with E-state index in [1.165, 1.54) is 12.1 Å². The topological polar surface area (TPSA) is 54.5 Å². The van der Waals surface area contributed by atoms with Gasteiger partial charge in [0, 0.05) is 25.0 Å². The van der Waals surface area contributed by atoms with Crippen molar-refractivity contribution in [3.63, 3.8) is 0 Å². The number of hydrogen-bond acceptors (Lipinski definition) is 3. The standard InChI is InChI=1S/C14H20ClNO3S/c1-3-4-9-16(2)14(17)8-10-20(18,19)13-7-5-6-12(15)11-13/h5-7,11H,3-4,8-10H2,1-2H3. The molecule has 0 aromatic heterocycles. The van der Waals surface area contributed by atoms with E-state index >= 15 is 0 Å². The highest BCUT2D eigenvalue weighted by Gasteiger charge is 2.18. The molecule has 0 aliphatic carbocycles. The summed E-state index contributed by atoms with van der Waals surface area (Å²) in [6.07, 6.45) is 1.91. The minimum Gasteiger partial charge on any atom is -0.346 e. The lowest BCUT2D eigenvalue weighted by molar-refractivity contribution is -0.129. The molecule has 0 saturated carbocycles. The number of amides is 1. The van der Waals surface area contributed by atoms with Crippen LogP contribution in [-0.2, 0) is 14.6 Å². The van der Waals surface area contributed by atoms with Crippen molar-refractivity contribution in [2.75, 3.05) is 19.3 Å². The van der Waals surface area contributed by atoms with Gasteiger partial charge < -0.3 is 4.90 Å². The second-order valence-corrected chi connectivity index (χ2v) is 7.24. The van der Waals surface area contributed by atoms with Gasteiger partial charge >= 0.3 is 0 Å². The van der Waals surface area contributed by atoms with Crippen LogP contribution in [0.2, 0.25) is 5.02 Å². The number of hydrogen-bond donors (Lipinski definition) is 0. The van der Waals surface area contributed by atoms with Crippen LogP contribution < -0.4 is 0 Å². The molecule has 0 radical (unpaired) electrons. The molecule has 0 spiro atoms. The Kier molecular flexibility index (Phi) is 6.49. The molecule has 0 bridgehead atoms. The van der Waals surface area contributed by atoms with E-state index in [0.717, 1.165) is 12.8 Å². The van der Waals surface area contributed by atoms with Crippen LogP contribution in [-0.4, -0.2) is 38.6 Å². The summed E-state index contributed by atoms with van der Waals surface area (Å²) in [5, 5.41) is 0.373. The SMILES string of the molecule is CCCCN(C)C(=O)CCS(=O)(=O)c1cccc(Cl)c1. The molecule has 0 fully saturated rings. The van der Waals surface area contributed by atoms with Crippen molar-refractivity contribution < 1.29 is 13.2 Å². The minimum atomic E-state index is -3.46. The summed E-state index contributed by atoms with van der Waals surface area (Å²) in [6.45, 7) is 2.70. The zero-order chi connectivity index (χ0) is 15.2. The first kappa shape index (κ1) is 17.0. The highest BCUT2D eigenvalue weighted by molar-refractivity contribution is 7.91. The van der Waals surface area contributed by atoms with Gasteiger partial charge in [-0.1, -0.05) is 31.0 Å². The van der Waals surface area contributed by atoms with Crippen LogP contribution in [0.4, 0.5) is 0 Å². The molecular formula is C14H20ClNO3S. The normalized spacial score (nSPS) is 11.3. The molecule has 1 rings (SSSR count). The largest absolute Gasteiger partial charge is 0.346 e. The van der Waals surface area contributed by atoms with Crippen molar-refractivity contribution in [1.29, 1.82) is 0 Å². The van der Waals surface area contributed by atoms with Crippen molar-refractivity contribution in [2.24, 2.45) is 0 Å². The van der Waals surface area contributed by atoms with Gasteiger partial charge in [-0.2, -0.15) is 0 Å². The highest BCUT2D eigenvalue weighted by atomic mass is 35.5. The number of sulfone groups is 1. The highest BCUT2D eigenvalue weighted by Crippen LogP contribution is 2.17. The van der Waals surface area contributed by atoms with Gasteiger partial charge in [0.25, 0.3) is 0 Å². The van der Waals surface area contributed by atoms with Crippen molar-refractivity contribution in [2.45, 2.75) is 31.1 Å². The number of halogens is 1. The maximum absolute atomic E-state index is 12.1. The smallest absolute Gasteiger partial charge is 0.223 e. The molecule has 0 unspecified atom stereocenters. The molecule has 0 aliphatic rings. The van der Waals surface area contributed by atoms with Crippen LogP contribution >= 0.6 is 11.6 Å². The van der Waals surface area contributed by atoms with Crippen LogP contribution in [0.25, 0.3) is 0 Å². The van der Waals surface area contributed by atoms with Crippen LogP contribution in [0.5, 0.6) is 0 Å². The lowest BCUT2D eigenvalue weighted by atomic mass is 10.3. The summed E-state index contributed by atoms with van der Waals surface area (Å²) < 4.78 is 24.2. The molecule has 0 heterocycles. The number of rotatable bonds is 7. The molecule has 0 N–H and O–H groups in total. The Morgan fingerprint density at radius 1 is 1.35 bits per heavy atom. The van der Waals surface area contributed by atoms with Gasteiger partial charge in [0.1, 0.15) is 0 Å². The molecule has 6 heteroatoms. The molecule has 1 aromatic carbocycles. The Hall–Kier alpha value is -1.07. The van der Waals surface area contributed by atoms with E-state index in [2.05, 4.69) is 0 Å². The Labute approximate surface area is 125 Å². The van der Waals surface area contributed by atoms with Crippen molar-refractivity contribution in [3.05, 3.63) is 29.3 Å². The van der Waals surface area contributed by atoms with E-state index in [1.54, 1.807) is 24.1 Å². The number of nitrogens with zero attached hydrogens (tertiary/aromatic N) is 1. The number of carbonyl (C=O) groups is 1. The number of carbonyl (C=O) groups excluding carboxylic acids is 1. The zero-order valence-electron chi connectivity index (χ0n) is 11.8. The van der Waals surface area contributed by atoms with Crippen molar-refractivity contribution >= 4 is 27.3 Å². The van der Waals surface area contributed by atoms with E-state index in [9.17, 15) is 13.2 Å². The predicted octanol–water partition coefficient (Wildman–Crippen LogP) is 2.76. The molecular weight excluding hydrogens is 298 g/mol. The van der Waals surface area contributed by atoms with Crippen LogP contribution in [0.1, 0.15) is 26.2 Å². The Morgan fingerprint density at radius 2 is 2.05 bits per heavy atom. The first-order valence-corrected chi connectivity index (χ1v) is 8.62. The third kappa shape index (κ3) is 5.13. The van der Waals surface area contributed by atoms with Gasteiger partial charge in [0.2, 0.25) is 5.91 Å². The lowest BCUT2D eigenvalue weighted by Gasteiger charge is -2.16. The van der Waals surface area contributed by atoms with Gasteiger partial charge in [-0.15, -0.1) is 0 Å². The maximum Gasteiger partial charge on any atom is 0.223 e. The molecule has 0 saturated heterocycles.